The third-order valence-electron chi connectivity index (χ3n) is 4.24. The van der Waals surface area contributed by atoms with E-state index in [9.17, 15) is 14.4 Å². The molecule has 0 N–H and O–H groups in total. The number of thioether (sulfide) groups is 1. The maximum Gasteiger partial charge on any atom is 0.363 e. The molecule has 1 aliphatic carbocycles. The van der Waals surface area contributed by atoms with E-state index in [2.05, 4.69) is 10.4 Å². The Balaban J connectivity index is 1.89. The third kappa shape index (κ3) is 3.81. The molecular formula is C17H17ClN4O3S. The molecule has 0 saturated heterocycles. The molecule has 1 heterocycles. The zero-order chi connectivity index (χ0) is 18.8. The number of tetrazole rings is 1. The van der Waals surface area contributed by atoms with Crippen LogP contribution in [0, 0.1) is 6.92 Å². The van der Waals surface area contributed by atoms with Crippen molar-refractivity contribution in [3.05, 3.63) is 55.3 Å². The van der Waals surface area contributed by atoms with Crippen molar-refractivity contribution in [2.24, 2.45) is 7.05 Å². The molecule has 26 heavy (non-hydrogen) atoms. The number of nitrogens with zero attached hydrogens (tertiary/aromatic N) is 4. The fourth-order valence-corrected chi connectivity index (χ4v) is 4.03. The van der Waals surface area contributed by atoms with Gasteiger partial charge in [-0.25, -0.2) is 4.79 Å². The van der Waals surface area contributed by atoms with Crippen LogP contribution in [0.4, 0.5) is 0 Å². The predicted molar refractivity (Wildman–Crippen MR) is 99.4 cm³/mol. The lowest BCUT2D eigenvalue weighted by atomic mass is 10.0. The Morgan fingerprint density at radius 3 is 2.69 bits per heavy atom. The molecule has 1 aliphatic rings. The lowest BCUT2D eigenvalue weighted by Gasteiger charge is -2.14. The minimum Gasteiger partial charge on any atom is -0.295 e. The second-order valence-corrected chi connectivity index (χ2v) is 7.57. The minimum atomic E-state index is -0.363. The van der Waals surface area contributed by atoms with E-state index < -0.39 is 0 Å². The molecule has 0 amide bonds. The summed E-state index contributed by atoms with van der Waals surface area (Å²) in [4.78, 5) is 37.0. The Kier molecular flexibility index (Phi) is 5.43. The number of rotatable bonds is 4. The molecule has 0 saturated carbocycles. The molecule has 0 unspecified atom stereocenters. The molecule has 0 atom stereocenters. The first kappa shape index (κ1) is 18.6. The summed E-state index contributed by atoms with van der Waals surface area (Å²) < 4.78 is 2.32. The number of ketones is 1. The molecule has 0 spiro atoms. The van der Waals surface area contributed by atoms with Crippen molar-refractivity contribution < 1.29 is 9.59 Å². The summed E-state index contributed by atoms with van der Waals surface area (Å²) in [5.74, 6) is 0.0575. The van der Waals surface area contributed by atoms with E-state index in [-0.39, 0.29) is 23.1 Å². The molecule has 0 bridgehead atoms. The summed E-state index contributed by atoms with van der Waals surface area (Å²) in [6, 6.07) is 3.31. The van der Waals surface area contributed by atoms with Crippen molar-refractivity contribution in [1.29, 1.82) is 0 Å². The average Bonchev–Trinajstić information content (AvgIpc) is 2.90. The van der Waals surface area contributed by atoms with Crippen LogP contribution in [0.3, 0.4) is 0 Å². The summed E-state index contributed by atoms with van der Waals surface area (Å²) in [7, 11) is 1.51. The van der Waals surface area contributed by atoms with Crippen LogP contribution in [0.15, 0.2) is 27.9 Å². The van der Waals surface area contributed by atoms with Crippen LogP contribution in [-0.2, 0) is 18.4 Å². The van der Waals surface area contributed by atoms with Gasteiger partial charge in [0.05, 0.1) is 6.54 Å². The Morgan fingerprint density at radius 1 is 1.27 bits per heavy atom. The zero-order valence-electron chi connectivity index (χ0n) is 14.4. The van der Waals surface area contributed by atoms with Crippen molar-refractivity contribution in [2.75, 3.05) is 0 Å². The Hall–Kier alpha value is -2.19. The number of aryl methyl sites for hydroxylation is 1. The van der Waals surface area contributed by atoms with E-state index in [0.717, 1.165) is 34.2 Å². The van der Waals surface area contributed by atoms with Gasteiger partial charge in [0, 0.05) is 24.1 Å². The standard InChI is InChI=1S/C17H17ClN4O3S/c1-10-13(16(24)26-12-5-3-4-11(23)8-12)6-7-15(18)14(10)9-22-17(25)21(2)19-20-22/h6-8H,3-5,9H2,1-2H3. The quantitative estimate of drug-likeness (QED) is 0.794. The van der Waals surface area contributed by atoms with Gasteiger partial charge in [-0.3, -0.25) is 9.59 Å². The molecule has 2 aromatic rings. The van der Waals surface area contributed by atoms with Crippen molar-refractivity contribution in [1.82, 2.24) is 19.8 Å². The van der Waals surface area contributed by atoms with Crippen molar-refractivity contribution in [2.45, 2.75) is 32.7 Å². The largest absolute Gasteiger partial charge is 0.363 e. The number of allylic oxidation sites excluding steroid dienone is 2. The lowest BCUT2D eigenvalue weighted by Crippen LogP contribution is -2.24. The fourth-order valence-electron chi connectivity index (χ4n) is 2.76. The molecule has 7 nitrogen and oxygen atoms in total. The molecule has 9 heteroatoms. The fraction of sp³-hybridized carbons (Fsp3) is 0.353. The van der Waals surface area contributed by atoms with E-state index in [1.54, 1.807) is 25.1 Å². The number of carbonyl (C=O) groups is 2. The molecular weight excluding hydrogens is 376 g/mol. The molecule has 1 aromatic carbocycles. The van der Waals surface area contributed by atoms with Gasteiger partial charge in [-0.1, -0.05) is 23.4 Å². The zero-order valence-corrected chi connectivity index (χ0v) is 15.9. The summed E-state index contributed by atoms with van der Waals surface area (Å²) >= 11 is 7.36. The number of aromatic nitrogens is 4. The Morgan fingerprint density at radius 2 is 2.04 bits per heavy atom. The van der Waals surface area contributed by atoms with Gasteiger partial charge in [0.1, 0.15) is 0 Å². The first-order valence-corrected chi connectivity index (χ1v) is 9.26. The third-order valence-corrected chi connectivity index (χ3v) is 5.58. The predicted octanol–water partition coefficient (Wildman–Crippen LogP) is 2.50. The first-order valence-electron chi connectivity index (χ1n) is 8.07. The number of carbonyl (C=O) groups excluding carboxylic acids is 2. The van der Waals surface area contributed by atoms with E-state index in [0.29, 0.717) is 28.1 Å². The summed E-state index contributed by atoms with van der Waals surface area (Å²) in [6.45, 7) is 1.92. The highest BCUT2D eigenvalue weighted by Gasteiger charge is 2.20. The number of halogens is 1. The first-order chi connectivity index (χ1) is 12.4. The van der Waals surface area contributed by atoms with Crippen LogP contribution in [0.25, 0.3) is 0 Å². The molecule has 1 aromatic heterocycles. The Labute approximate surface area is 159 Å². The maximum absolute atomic E-state index is 12.7. The van der Waals surface area contributed by atoms with E-state index in [4.69, 9.17) is 11.6 Å². The van der Waals surface area contributed by atoms with Crippen LogP contribution >= 0.6 is 23.4 Å². The second-order valence-electron chi connectivity index (χ2n) is 6.06. The average molecular weight is 393 g/mol. The SMILES string of the molecule is Cc1c(C(=O)SC2=CC(=O)CCC2)ccc(Cl)c1Cn1nnn(C)c1=O. The van der Waals surface area contributed by atoms with Crippen LogP contribution in [-0.4, -0.2) is 30.7 Å². The Bertz CT molecular complexity index is 977. The van der Waals surface area contributed by atoms with Gasteiger partial charge >= 0.3 is 5.69 Å². The van der Waals surface area contributed by atoms with Gasteiger partial charge in [0.15, 0.2) is 5.78 Å². The second kappa shape index (κ2) is 7.59. The van der Waals surface area contributed by atoms with Gasteiger partial charge < -0.3 is 0 Å². The minimum absolute atomic E-state index is 0.0575. The monoisotopic (exact) mass is 392 g/mol. The van der Waals surface area contributed by atoms with Gasteiger partial charge in [-0.2, -0.15) is 9.36 Å². The normalized spacial score (nSPS) is 14.4. The van der Waals surface area contributed by atoms with Crippen LogP contribution in [0.1, 0.15) is 40.7 Å². The van der Waals surface area contributed by atoms with Gasteiger partial charge in [-0.15, -0.1) is 0 Å². The molecule has 0 aliphatic heterocycles. The molecule has 0 radical (unpaired) electrons. The van der Waals surface area contributed by atoms with Gasteiger partial charge in [-0.05, 0) is 64.4 Å². The van der Waals surface area contributed by atoms with E-state index in [1.165, 1.54) is 11.7 Å². The lowest BCUT2D eigenvalue weighted by molar-refractivity contribution is -0.115. The molecule has 136 valence electrons. The van der Waals surface area contributed by atoms with Crippen molar-refractivity contribution in [3.63, 3.8) is 0 Å². The van der Waals surface area contributed by atoms with Crippen molar-refractivity contribution in [3.8, 4) is 0 Å². The highest BCUT2D eigenvalue weighted by Crippen LogP contribution is 2.32. The molecule has 3 rings (SSSR count). The van der Waals surface area contributed by atoms with Crippen LogP contribution in [0.2, 0.25) is 5.02 Å². The summed E-state index contributed by atoms with van der Waals surface area (Å²) in [5, 5.41) is 7.78. The van der Waals surface area contributed by atoms with Crippen LogP contribution in [0.5, 0.6) is 0 Å². The van der Waals surface area contributed by atoms with E-state index >= 15 is 0 Å². The van der Waals surface area contributed by atoms with Gasteiger partial charge in [0.25, 0.3) is 0 Å². The maximum atomic E-state index is 12.7. The highest BCUT2D eigenvalue weighted by atomic mass is 35.5. The number of hydrogen-bond donors (Lipinski definition) is 0. The summed E-state index contributed by atoms with van der Waals surface area (Å²) in [6.07, 6.45) is 3.59. The molecule has 0 fully saturated rings. The summed E-state index contributed by atoms with van der Waals surface area (Å²) in [5.41, 5.74) is 1.48. The smallest absolute Gasteiger partial charge is 0.295 e. The van der Waals surface area contributed by atoms with Crippen LogP contribution < -0.4 is 5.69 Å². The number of hydrogen-bond acceptors (Lipinski definition) is 6. The van der Waals surface area contributed by atoms with Gasteiger partial charge in [0.2, 0.25) is 5.12 Å². The number of benzene rings is 1. The highest BCUT2D eigenvalue weighted by molar-refractivity contribution is 8.17. The van der Waals surface area contributed by atoms with Crippen molar-refractivity contribution >= 4 is 34.3 Å². The topological polar surface area (TPSA) is 86.8 Å². The van der Waals surface area contributed by atoms with E-state index in [1.807, 2.05) is 0 Å².